The first-order chi connectivity index (χ1) is 10.4. The van der Waals surface area contributed by atoms with Crippen LogP contribution in [0.3, 0.4) is 0 Å². The molecule has 0 saturated heterocycles. The van der Waals surface area contributed by atoms with Gasteiger partial charge in [-0.05, 0) is 55.0 Å². The largest absolute Gasteiger partial charge is 0.399 e. The Balaban J connectivity index is 2.17. The van der Waals surface area contributed by atoms with Gasteiger partial charge >= 0.3 is 0 Å². The number of nitrogen functional groups attached to an aromatic ring is 1. The molecule has 0 aromatic heterocycles. The molecule has 118 valence electrons. The van der Waals surface area contributed by atoms with Gasteiger partial charge in [-0.1, -0.05) is 6.92 Å². The zero-order chi connectivity index (χ0) is 16.2. The predicted molar refractivity (Wildman–Crippen MR) is 87.5 cm³/mol. The number of aliphatic hydroxyl groups is 1. The highest BCUT2D eigenvalue weighted by atomic mass is 32.2. The van der Waals surface area contributed by atoms with Gasteiger partial charge in [0.05, 0.1) is 15.9 Å². The molecular formula is C16H20N2O3S. The van der Waals surface area contributed by atoms with Gasteiger partial charge < -0.3 is 16.2 Å². The Labute approximate surface area is 130 Å². The van der Waals surface area contributed by atoms with Crippen LogP contribution in [-0.4, -0.2) is 26.2 Å². The van der Waals surface area contributed by atoms with Crippen molar-refractivity contribution in [3.05, 3.63) is 48.5 Å². The van der Waals surface area contributed by atoms with Gasteiger partial charge in [0.2, 0.25) is 9.84 Å². The fraction of sp³-hybridized carbons (Fsp3) is 0.250. The average Bonchev–Trinajstić information content (AvgIpc) is 2.53. The zero-order valence-electron chi connectivity index (χ0n) is 12.4. The van der Waals surface area contributed by atoms with E-state index >= 15 is 0 Å². The molecule has 0 aliphatic carbocycles. The summed E-state index contributed by atoms with van der Waals surface area (Å²) < 4.78 is 24.9. The van der Waals surface area contributed by atoms with Crippen LogP contribution in [0.1, 0.15) is 13.3 Å². The van der Waals surface area contributed by atoms with E-state index in [2.05, 4.69) is 5.32 Å². The summed E-state index contributed by atoms with van der Waals surface area (Å²) in [4.78, 5) is 0.433. The molecule has 0 radical (unpaired) electrons. The lowest BCUT2D eigenvalue weighted by molar-refractivity contribution is 0.183. The quantitative estimate of drug-likeness (QED) is 0.710. The third kappa shape index (κ3) is 3.78. The first-order valence-corrected chi connectivity index (χ1v) is 8.54. The molecule has 0 spiro atoms. The van der Waals surface area contributed by atoms with Crippen molar-refractivity contribution in [2.24, 2.45) is 0 Å². The molecule has 0 aliphatic rings. The number of aliphatic hydroxyl groups excluding tert-OH is 1. The van der Waals surface area contributed by atoms with Crippen molar-refractivity contribution in [2.45, 2.75) is 29.2 Å². The van der Waals surface area contributed by atoms with Crippen molar-refractivity contribution in [1.82, 2.24) is 0 Å². The Morgan fingerprint density at radius 2 is 1.55 bits per heavy atom. The highest BCUT2D eigenvalue weighted by Crippen LogP contribution is 2.23. The summed E-state index contributed by atoms with van der Waals surface area (Å²) in [6.07, 6.45) is 0.245. The molecule has 1 atom stereocenters. The SMILES string of the molecule is CCC(O)CNc1ccc(S(=O)(=O)c2ccc(N)cc2)cc1. The molecule has 0 bridgehead atoms. The number of rotatable bonds is 6. The lowest BCUT2D eigenvalue weighted by atomic mass is 10.2. The molecular weight excluding hydrogens is 300 g/mol. The number of anilines is 2. The summed E-state index contributed by atoms with van der Waals surface area (Å²) in [6.45, 7) is 2.33. The van der Waals surface area contributed by atoms with Gasteiger partial charge in [-0.15, -0.1) is 0 Å². The minimum Gasteiger partial charge on any atom is -0.399 e. The molecule has 6 heteroatoms. The van der Waals surface area contributed by atoms with E-state index in [4.69, 9.17) is 5.73 Å². The Morgan fingerprint density at radius 1 is 1.05 bits per heavy atom. The van der Waals surface area contributed by atoms with Gasteiger partial charge in [0, 0.05) is 17.9 Å². The van der Waals surface area contributed by atoms with Crippen LogP contribution >= 0.6 is 0 Å². The van der Waals surface area contributed by atoms with E-state index in [0.717, 1.165) is 5.69 Å². The summed E-state index contributed by atoms with van der Waals surface area (Å²) in [5.41, 5.74) is 6.86. The molecule has 2 rings (SSSR count). The van der Waals surface area contributed by atoms with E-state index in [0.29, 0.717) is 18.7 Å². The van der Waals surface area contributed by atoms with E-state index in [1.807, 2.05) is 6.92 Å². The molecule has 0 aliphatic heterocycles. The number of hydrogen-bond acceptors (Lipinski definition) is 5. The second-order valence-corrected chi connectivity index (χ2v) is 6.99. The van der Waals surface area contributed by atoms with Crippen LogP contribution in [0.2, 0.25) is 0 Å². The van der Waals surface area contributed by atoms with Crippen molar-refractivity contribution in [1.29, 1.82) is 0 Å². The van der Waals surface area contributed by atoms with Gasteiger partial charge in [0.1, 0.15) is 0 Å². The van der Waals surface area contributed by atoms with E-state index in [9.17, 15) is 13.5 Å². The third-order valence-corrected chi connectivity index (χ3v) is 5.15. The summed E-state index contributed by atoms with van der Waals surface area (Å²) in [5.74, 6) is 0. The van der Waals surface area contributed by atoms with E-state index < -0.39 is 15.9 Å². The number of hydrogen-bond donors (Lipinski definition) is 3. The number of sulfone groups is 1. The number of benzene rings is 2. The molecule has 1 unspecified atom stereocenters. The minimum atomic E-state index is -3.54. The normalized spacial score (nSPS) is 12.8. The second kappa shape index (κ2) is 6.81. The molecule has 2 aromatic carbocycles. The van der Waals surface area contributed by atoms with E-state index in [1.54, 1.807) is 36.4 Å². The fourth-order valence-corrected chi connectivity index (χ4v) is 3.18. The number of nitrogens with two attached hydrogens (primary N) is 1. The average molecular weight is 320 g/mol. The predicted octanol–water partition coefficient (Wildman–Crippen LogP) is 2.28. The van der Waals surface area contributed by atoms with Crippen LogP contribution in [0.5, 0.6) is 0 Å². The minimum absolute atomic E-state index is 0.212. The van der Waals surface area contributed by atoms with Crippen molar-refractivity contribution in [3.8, 4) is 0 Å². The molecule has 5 nitrogen and oxygen atoms in total. The summed E-state index contributed by atoms with van der Waals surface area (Å²) in [7, 11) is -3.54. The first kappa shape index (κ1) is 16.3. The van der Waals surface area contributed by atoms with Crippen molar-refractivity contribution >= 4 is 21.2 Å². The van der Waals surface area contributed by atoms with Crippen LogP contribution in [-0.2, 0) is 9.84 Å². The molecule has 0 amide bonds. The Bertz CT molecular complexity index is 710. The van der Waals surface area contributed by atoms with Crippen LogP contribution < -0.4 is 11.1 Å². The van der Waals surface area contributed by atoms with Gasteiger partial charge in [0.25, 0.3) is 0 Å². The van der Waals surface area contributed by atoms with Gasteiger partial charge in [-0.2, -0.15) is 0 Å². The maximum Gasteiger partial charge on any atom is 0.206 e. The zero-order valence-corrected chi connectivity index (χ0v) is 13.2. The Kier molecular flexibility index (Phi) is 5.05. The lowest BCUT2D eigenvalue weighted by Crippen LogP contribution is -2.18. The van der Waals surface area contributed by atoms with Crippen LogP contribution in [0.15, 0.2) is 58.3 Å². The maximum atomic E-state index is 12.5. The fourth-order valence-electron chi connectivity index (χ4n) is 1.92. The summed E-state index contributed by atoms with van der Waals surface area (Å²) in [5, 5.41) is 12.6. The summed E-state index contributed by atoms with van der Waals surface area (Å²) in [6, 6.07) is 12.6. The second-order valence-electron chi connectivity index (χ2n) is 5.04. The smallest absolute Gasteiger partial charge is 0.206 e. The van der Waals surface area contributed by atoms with Crippen molar-refractivity contribution in [3.63, 3.8) is 0 Å². The van der Waals surface area contributed by atoms with E-state index in [1.165, 1.54) is 12.1 Å². The van der Waals surface area contributed by atoms with Gasteiger partial charge in [-0.25, -0.2) is 8.42 Å². The van der Waals surface area contributed by atoms with Crippen molar-refractivity contribution in [2.75, 3.05) is 17.6 Å². The van der Waals surface area contributed by atoms with Crippen LogP contribution in [0.4, 0.5) is 11.4 Å². The molecule has 22 heavy (non-hydrogen) atoms. The summed E-state index contributed by atoms with van der Waals surface area (Å²) >= 11 is 0. The maximum absolute atomic E-state index is 12.5. The van der Waals surface area contributed by atoms with Crippen LogP contribution in [0, 0.1) is 0 Å². The standard InChI is InChI=1S/C16H20N2O3S/c1-2-14(19)11-18-13-5-9-16(10-6-13)22(20,21)15-7-3-12(17)4-8-15/h3-10,14,18-19H,2,11,17H2,1H3. The highest BCUT2D eigenvalue weighted by molar-refractivity contribution is 7.91. The molecule has 4 N–H and O–H groups in total. The third-order valence-electron chi connectivity index (χ3n) is 3.37. The number of nitrogens with one attached hydrogen (secondary N) is 1. The van der Waals surface area contributed by atoms with Crippen molar-refractivity contribution < 1.29 is 13.5 Å². The lowest BCUT2D eigenvalue weighted by Gasteiger charge is -2.11. The van der Waals surface area contributed by atoms with E-state index in [-0.39, 0.29) is 9.79 Å². The Morgan fingerprint density at radius 3 is 2.05 bits per heavy atom. The first-order valence-electron chi connectivity index (χ1n) is 7.06. The topological polar surface area (TPSA) is 92.4 Å². The molecule has 2 aromatic rings. The van der Waals surface area contributed by atoms with Gasteiger partial charge in [0.15, 0.2) is 0 Å². The van der Waals surface area contributed by atoms with Gasteiger partial charge in [-0.3, -0.25) is 0 Å². The highest BCUT2D eigenvalue weighted by Gasteiger charge is 2.17. The van der Waals surface area contributed by atoms with Crippen LogP contribution in [0.25, 0.3) is 0 Å². The monoisotopic (exact) mass is 320 g/mol. The molecule has 0 saturated carbocycles. The Hall–Kier alpha value is -2.05. The molecule has 0 fully saturated rings. The molecule has 0 heterocycles.